The summed E-state index contributed by atoms with van der Waals surface area (Å²) in [7, 11) is 0. The number of nitrogens with two attached hydrogens (primary N) is 1. The molecule has 0 saturated carbocycles. The standard InChI is InChI=1S/C10H9ClN4O/c11-9-6(2-1-3-7(9)16)14-10-13-5-4-8(12)15-10/h1-5,16H,(H3,12,13,14,15). The Morgan fingerprint density at radius 2 is 2.12 bits per heavy atom. The minimum absolute atomic E-state index is 0.00410. The van der Waals surface area contributed by atoms with Crippen molar-refractivity contribution in [1.29, 1.82) is 0 Å². The van der Waals surface area contributed by atoms with Crippen molar-refractivity contribution >= 4 is 29.1 Å². The van der Waals surface area contributed by atoms with E-state index in [4.69, 9.17) is 17.3 Å². The number of nitrogen functional groups attached to an aromatic ring is 1. The van der Waals surface area contributed by atoms with Crippen molar-refractivity contribution in [3.8, 4) is 5.75 Å². The Labute approximate surface area is 96.9 Å². The van der Waals surface area contributed by atoms with Crippen LogP contribution < -0.4 is 11.1 Å². The molecule has 0 aliphatic heterocycles. The number of aromatic nitrogens is 2. The Hall–Kier alpha value is -2.01. The van der Waals surface area contributed by atoms with Crippen LogP contribution in [0.5, 0.6) is 5.75 Å². The molecule has 16 heavy (non-hydrogen) atoms. The van der Waals surface area contributed by atoms with Crippen molar-refractivity contribution in [2.75, 3.05) is 11.1 Å². The highest BCUT2D eigenvalue weighted by molar-refractivity contribution is 6.34. The number of hydrogen-bond donors (Lipinski definition) is 3. The molecule has 1 aromatic heterocycles. The second kappa shape index (κ2) is 4.24. The summed E-state index contributed by atoms with van der Waals surface area (Å²) in [4.78, 5) is 7.92. The molecule has 4 N–H and O–H groups in total. The average molecular weight is 237 g/mol. The lowest BCUT2D eigenvalue weighted by molar-refractivity contribution is 0.476. The van der Waals surface area contributed by atoms with Crippen LogP contribution in [0.25, 0.3) is 0 Å². The molecule has 0 atom stereocenters. The zero-order valence-corrected chi connectivity index (χ0v) is 8.94. The van der Waals surface area contributed by atoms with Crippen LogP contribution in [0.15, 0.2) is 30.5 Å². The summed E-state index contributed by atoms with van der Waals surface area (Å²) in [6.07, 6.45) is 1.53. The molecule has 0 fully saturated rings. The van der Waals surface area contributed by atoms with Gasteiger partial charge in [0.1, 0.15) is 16.6 Å². The summed E-state index contributed by atoms with van der Waals surface area (Å²) in [6, 6.07) is 6.44. The topological polar surface area (TPSA) is 84.1 Å². The number of nitrogens with zero attached hydrogens (tertiary/aromatic N) is 2. The predicted octanol–water partition coefficient (Wildman–Crippen LogP) is 2.16. The van der Waals surface area contributed by atoms with Crippen LogP contribution in [0.3, 0.4) is 0 Å². The molecule has 0 saturated heterocycles. The van der Waals surface area contributed by atoms with E-state index in [-0.39, 0.29) is 10.8 Å². The lowest BCUT2D eigenvalue weighted by Crippen LogP contribution is -1.99. The van der Waals surface area contributed by atoms with Gasteiger partial charge in [0.05, 0.1) is 5.69 Å². The second-order valence-electron chi connectivity index (χ2n) is 3.07. The third-order valence-corrected chi connectivity index (χ3v) is 2.30. The Morgan fingerprint density at radius 3 is 2.88 bits per heavy atom. The van der Waals surface area contributed by atoms with Crippen LogP contribution >= 0.6 is 11.6 Å². The van der Waals surface area contributed by atoms with Crippen molar-refractivity contribution in [1.82, 2.24) is 9.97 Å². The summed E-state index contributed by atoms with van der Waals surface area (Å²) in [6.45, 7) is 0. The third-order valence-electron chi connectivity index (χ3n) is 1.90. The molecule has 0 unspecified atom stereocenters. The molecule has 6 heteroatoms. The Bertz CT molecular complexity index is 518. The van der Waals surface area contributed by atoms with E-state index in [1.165, 1.54) is 12.3 Å². The Balaban J connectivity index is 2.31. The van der Waals surface area contributed by atoms with E-state index in [2.05, 4.69) is 15.3 Å². The summed E-state index contributed by atoms with van der Waals surface area (Å²) >= 11 is 5.88. The van der Waals surface area contributed by atoms with Gasteiger partial charge in [0, 0.05) is 6.20 Å². The van der Waals surface area contributed by atoms with E-state index in [0.29, 0.717) is 17.5 Å². The zero-order valence-electron chi connectivity index (χ0n) is 8.18. The molecular weight excluding hydrogens is 228 g/mol. The summed E-state index contributed by atoms with van der Waals surface area (Å²) < 4.78 is 0. The molecule has 1 heterocycles. The fourth-order valence-electron chi connectivity index (χ4n) is 1.17. The molecule has 0 radical (unpaired) electrons. The number of aromatic hydroxyl groups is 1. The van der Waals surface area contributed by atoms with Crippen molar-refractivity contribution in [2.45, 2.75) is 0 Å². The van der Waals surface area contributed by atoms with Crippen molar-refractivity contribution in [2.24, 2.45) is 0 Å². The van der Waals surface area contributed by atoms with E-state index in [1.807, 2.05) is 0 Å². The largest absolute Gasteiger partial charge is 0.506 e. The summed E-state index contributed by atoms with van der Waals surface area (Å²) in [5, 5.41) is 12.5. The highest BCUT2D eigenvalue weighted by Gasteiger charge is 2.06. The molecule has 2 rings (SSSR count). The number of nitrogens with one attached hydrogen (secondary N) is 1. The van der Waals surface area contributed by atoms with Crippen LogP contribution in [-0.4, -0.2) is 15.1 Å². The molecule has 0 amide bonds. The molecule has 2 aromatic rings. The fourth-order valence-corrected chi connectivity index (χ4v) is 1.34. The maximum absolute atomic E-state index is 9.40. The number of hydrogen-bond acceptors (Lipinski definition) is 5. The van der Waals surface area contributed by atoms with Gasteiger partial charge >= 0.3 is 0 Å². The van der Waals surface area contributed by atoms with Gasteiger partial charge in [-0.05, 0) is 18.2 Å². The first-order chi connectivity index (χ1) is 7.66. The first kappa shape index (κ1) is 10.5. The highest BCUT2D eigenvalue weighted by Crippen LogP contribution is 2.31. The van der Waals surface area contributed by atoms with Crippen LogP contribution in [0.2, 0.25) is 5.02 Å². The van der Waals surface area contributed by atoms with Crippen LogP contribution in [-0.2, 0) is 0 Å². The molecule has 0 spiro atoms. The molecule has 5 nitrogen and oxygen atoms in total. The summed E-state index contributed by atoms with van der Waals surface area (Å²) in [5.74, 6) is 0.678. The Kier molecular flexibility index (Phi) is 2.78. The van der Waals surface area contributed by atoms with Crippen LogP contribution in [0.1, 0.15) is 0 Å². The lowest BCUT2D eigenvalue weighted by Gasteiger charge is -2.07. The maximum Gasteiger partial charge on any atom is 0.229 e. The Morgan fingerprint density at radius 1 is 1.31 bits per heavy atom. The first-order valence-electron chi connectivity index (χ1n) is 4.50. The van der Waals surface area contributed by atoms with Gasteiger partial charge in [0.2, 0.25) is 5.95 Å². The van der Waals surface area contributed by atoms with Gasteiger partial charge < -0.3 is 16.2 Å². The molecule has 0 aliphatic rings. The third kappa shape index (κ3) is 2.14. The van der Waals surface area contributed by atoms with Crippen molar-refractivity contribution < 1.29 is 5.11 Å². The van der Waals surface area contributed by atoms with E-state index >= 15 is 0 Å². The van der Waals surface area contributed by atoms with Gasteiger partial charge in [0.25, 0.3) is 0 Å². The van der Waals surface area contributed by atoms with Gasteiger partial charge in [-0.3, -0.25) is 0 Å². The number of rotatable bonds is 2. The molecule has 0 aliphatic carbocycles. The normalized spacial score (nSPS) is 10.1. The van der Waals surface area contributed by atoms with E-state index in [1.54, 1.807) is 18.2 Å². The molecule has 0 bridgehead atoms. The van der Waals surface area contributed by atoms with Crippen LogP contribution in [0, 0.1) is 0 Å². The highest BCUT2D eigenvalue weighted by atomic mass is 35.5. The first-order valence-corrected chi connectivity index (χ1v) is 4.87. The number of halogens is 1. The lowest BCUT2D eigenvalue weighted by atomic mass is 10.3. The minimum Gasteiger partial charge on any atom is -0.506 e. The fraction of sp³-hybridized carbons (Fsp3) is 0. The van der Waals surface area contributed by atoms with Gasteiger partial charge in [-0.25, -0.2) is 4.98 Å². The van der Waals surface area contributed by atoms with Gasteiger partial charge in [-0.15, -0.1) is 0 Å². The second-order valence-corrected chi connectivity index (χ2v) is 3.45. The molecule has 82 valence electrons. The van der Waals surface area contributed by atoms with Gasteiger partial charge in [0.15, 0.2) is 0 Å². The van der Waals surface area contributed by atoms with Crippen molar-refractivity contribution in [3.63, 3.8) is 0 Å². The van der Waals surface area contributed by atoms with E-state index < -0.39 is 0 Å². The maximum atomic E-state index is 9.40. The SMILES string of the molecule is Nc1ccnc(Nc2cccc(O)c2Cl)n1. The quantitative estimate of drug-likeness (QED) is 0.744. The summed E-state index contributed by atoms with van der Waals surface area (Å²) in [5.41, 5.74) is 6.03. The number of anilines is 3. The smallest absolute Gasteiger partial charge is 0.229 e. The van der Waals surface area contributed by atoms with E-state index in [0.717, 1.165) is 0 Å². The number of benzene rings is 1. The average Bonchev–Trinajstić information content (AvgIpc) is 2.25. The van der Waals surface area contributed by atoms with Crippen LogP contribution in [0.4, 0.5) is 17.5 Å². The predicted molar refractivity (Wildman–Crippen MR) is 62.8 cm³/mol. The monoisotopic (exact) mass is 236 g/mol. The number of phenolic OH excluding ortho intramolecular Hbond substituents is 1. The zero-order chi connectivity index (χ0) is 11.5. The van der Waals surface area contributed by atoms with Crippen molar-refractivity contribution in [3.05, 3.63) is 35.5 Å². The van der Waals surface area contributed by atoms with Gasteiger partial charge in [-0.2, -0.15) is 4.98 Å². The minimum atomic E-state index is -0.00410. The number of phenols is 1. The molecular formula is C10H9ClN4O. The van der Waals surface area contributed by atoms with Gasteiger partial charge in [-0.1, -0.05) is 17.7 Å². The van der Waals surface area contributed by atoms with E-state index in [9.17, 15) is 5.11 Å². The molecule has 1 aromatic carbocycles.